The average molecular weight is 186 g/mol. The van der Waals surface area contributed by atoms with Gasteiger partial charge in [0.1, 0.15) is 0 Å². The summed E-state index contributed by atoms with van der Waals surface area (Å²) in [6.07, 6.45) is 1.53. The van der Waals surface area contributed by atoms with Crippen LogP contribution in [0, 0.1) is 0 Å². The number of hydrogen-bond donors (Lipinski definition) is 1. The highest BCUT2D eigenvalue weighted by molar-refractivity contribution is 5.76. The number of morpholine rings is 1. The molecule has 0 spiro atoms. The first-order chi connectivity index (χ1) is 6.24. The predicted octanol–water partition coefficient (Wildman–Crippen LogP) is -0.0274. The Morgan fingerprint density at radius 3 is 3.08 bits per heavy atom. The van der Waals surface area contributed by atoms with E-state index in [2.05, 4.69) is 0 Å². The van der Waals surface area contributed by atoms with Crippen molar-refractivity contribution in [1.82, 2.24) is 4.90 Å². The summed E-state index contributed by atoms with van der Waals surface area (Å²) in [5, 5.41) is 0. The van der Waals surface area contributed by atoms with Crippen LogP contribution in [0.25, 0.3) is 0 Å². The van der Waals surface area contributed by atoms with Gasteiger partial charge in [0.15, 0.2) is 0 Å². The predicted molar refractivity (Wildman–Crippen MR) is 50.3 cm³/mol. The first-order valence-electron chi connectivity index (χ1n) is 4.83. The van der Waals surface area contributed by atoms with E-state index in [-0.39, 0.29) is 12.0 Å². The third-order valence-corrected chi connectivity index (χ3v) is 2.19. The van der Waals surface area contributed by atoms with Gasteiger partial charge in [-0.2, -0.15) is 0 Å². The van der Waals surface area contributed by atoms with Crippen molar-refractivity contribution in [3.05, 3.63) is 0 Å². The molecule has 1 rings (SSSR count). The molecule has 1 heterocycles. The Kier molecular flexibility index (Phi) is 4.18. The van der Waals surface area contributed by atoms with Gasteiger partial charge in [0.2, 0.25) is 5.91 Å². The summed E-state index contributed by atoms with van der Waals surface area (Å²) in [6.45, 7) is 4.70. The van der Waals surface area contributed by atoms with Crippen molar-refractivity contribution >= 4 is 5.91 Å². The van der Waals surface area contributed by atoms with Gasteiger partial charge in [-0.25, -0.2) is 0 Å². The Labute approximate surface area is 79.0 Å². The Morgan fingerprint density at radius 1 is 1.69 bits per heavy atom. The molecule has 4 nitrogen and oxygen atoms in total. The van der Waals surface area contributed by atoms with Crippen LogP contribution in [0.5, 0.6) is 0 Å². The van der Waals surface area contributed by atoms with E-state index in [9.17, 15) is 4.79 Å². The van der Waals surface area contributed by atoms with Crippen LogP contribution in [0.15, 0.2) is 0 Å². The molecule has 1 atom stereocenters. The monoisotopic (exact) mass is 186 g/mol. The lowest BCUT2D eigenvalue weighted by atomic mass is 10.2. The fourth-order valence-electron chi connectivity index (χ4n) is 1.46. The summed E-state index contributed by atoms with van der Waals surface area (Å²) in [7, 11) is 0. The highest BCUT2D eigenvalue weighted by Crippen LogP contribution is 2.06. The largest absolute Gasteiger partial charge is 0.375 e. The third kappa shape index (κ3) is 3.32. The number of carbonyl (C=O) groups is 1. The molecule has 2 N–H and O–H groups in total. The summed E-state index contributed by atoms with van der Waals surface area (Å²) in [4.78, 5) is 13.4. The molecule has 0 bridgehead atoms. The highest BCUT2D eigenvalue weighted by Gasteiger charge is 2.20. The van der Waals surface area contributed by atoms with Gasteiger partial charge in [-0.3, -0.25) is 4.79 Å². The van der Waals surface area contributed by atoms with Gasteiger partial charge in [-0.05, 0) is 19.9 Å². The Morgan fingerprint density at radius 2 is 2.46 bits per heavy atom. The first-order valence-corrected chi connectivity index (χ1v) is 4.83. The molecule has 76 valence electrons. The second-order valence-corrected chi connectivity index (χ2v) is 3.41. The molecule has 1 aliphatic rings. The minimum atomic E-state index is 0.176. The van der Waals surface area contributed by atoms with Crippen molar-refractivity contribution in [2.75, 3.05) is 26.2 Å². The van der Waals surface area contributed by atoms with Crippen LogP contribution < -0.4 is 5.73 Å². The van der Waals surface area contributed by atoms with E-state index >= 15 is 0 Å². The molecule has 1 saturated heterocycles. The number of carbonyl (C=O) groups excluding carboxylic acids is 1. The maximum Gasteiger partial charge on any atom is 0.222 e. The number of nitrogens with zero attached hydrogens (tertiary/aromatic N) is 1. The Hall–Kier alpha value is -0.610. The molecule has 0 saturated carbocycles. The molecule has 0 radical (unpaired) electrons. The average Bonchev–Trinajstić information content (AvgIpc) is 2.14. The molecule has 0 aliphatic carbocycles. The second-order valence-electron chi connectivity index (χ2n) is 3.41. The van der Waals surface area contributed by atoms with Crippen LogP contribution in [-0.4, -0.2) is 43.2 Å². The van der Waals surface area contributed by atoms with Gasteiger partial charge in [0.05, 0.1) is 12.7 Å². The lowest BCUT2D eigenvalue weighted by Gasteiger charge is -2.31. The van der Waals surface area contributed by atoms with E-state index in [4.69, 9.17) is 10.5 Å². The molecule has 0 aromatic rings. The van der Waals surface area contributed by atoms with Gasteiger partial charge in [0, 0.05) is 19.5 Å². The Balaban J connectivity index is 2.28. The minimum Gasteiger partial charge on any atom is -0.375 e. The van der Waals surface area contributed by atoms with Crippen LogP contribution in [-0.2, 0) is 9.53 Å². The Bertz CT molecular complexity index is 173. The summed E-state index contributed by atoms with van der Waals surface area (Å²) in [5.74, 6) is 0.209. The molecule has 1 fully saturated rings. The SMILES string of the molecule is CC1CN(C(=O)CCCN)CCO1. The van der Waals surface area contributed by atoms with Crippen LogP contribution in [0.4, 0.5) is 0 Å². The minimum absolute atomic E-state index is 0.176. The number of rotatable bonds is 3. The summed E-state index contributed by atoms with van der Waals surface area (Å²) < 4.78 is 5.34. The highest BCUT2D eigenvalue weighted by atomic mass is 16.5. The lowest BCUT2D eigenvalue weighted by molar-refractivity contribution is -0.138. The summed E-state index contributed by atoms with van der Waals surface area (Å²) in [5.41, 5.74) is 5.34. The third-order valence-electron chi connectivity index (χ3n) is 2.19. The molecule has 4 heteroatoms. The summed E-state index contributed by atoms with van der Waals surface area (Å²) >= 11 is 0. The van der Waals surface area contributed by atoms with Crippen LogP contribution in [0.2, 0.25) is 0 Å². The maximum atomic E-state index is 11.5. The number of ether oxygens (including phenoxy) is 1. The van der Waals surface area contributed by atoms with Crippen LogP contribution >= 0.6 is 0 Å². The van der Waals surface area contributed by atoms with Gasteiger partial charge >= 0.3 is 0 Å². The normalized spacial score (nSPS) is 23.2. The second kappa shape index (κ2) is 5.19. The van der Waals surface area contributed by atoms with Crippen molar-refractivity contribution < 1.29 is 9.53 Å². The molecule has 13 heavy (non-hydrogen) atoms. The lowest BCUT2D eigenvalue weighted by Crippen LogP contribution is -2.44. The smallest absolute Gasteiger partial charge is 0.222 e. The molecule has 1 aliphatic heterocycles. The zero-order valence-electron chi connectivity index (χ0n) is 8.16. The van der Waals surface area contributed by atoms with E-state index < -0.39 is 0 Å². The number of nitrogens with two attached hydrogens (primary N) is 1. The maximum absolute atomic E-state index is 11.5. The molecular formula is C9H18N2O2. The topological polar surface area (TPSA) is 55.6 Å². The molecule has 1 unspecified atom stereocenters. The zero-order valence-corrected chi connectivity index (χ0v) is 8.16. The fraction of sp³-hybridized carbons (Fsp3) is 0.889. The molecular weight excluding hydrogens is 168 g/mol. The van der Waals surface area contributed by atoms with Crippen molar-refractivity contribution in [3.8, 4) is 0 Å². The molecule has 0 aromatic heterocycles. The standard InChI is InChI=1S/C9H18N2O2/c1-8-7-11(5-6-13-8)9(12)3-2-4-10/h8H,2-7,10H2,1H3. The van der Waals surface area contributed by atoms with Crippen molar-refractivity contribution in [1.29, 1.82) is 0 Å². The van der Waals surface area contributed by atoms with Crippen molar-refractivity contribution in [3.63, 3.8) is 0 Å². The fourth-order valence-corrected chi connectivity index (χ4v) is 1.46. The zero-order chi connectivity index (χ0) is 9.68. The van der Waals surface area contributed by atoms with Gasteiger partial charge in [0.25, 0.3) is 0 Å². The molecule has 1 amide bonds. The van der Waals surface area contributed by atoms with E-state index in [0.717, 1.165) is 19.5 Å². The molecule has 0 aromatic carbocycles. The van der Waals surface area contributed by atoms with Gasteiger partial charge in [-0.15, -0.1) is 0 Å². The van der Waals surface area contributed by atoms with Crippen molar-refractivity contribution in [2.45, 2.75) is 25.9 Å². The van der Waals surface area contributed by atoms with Gasteiger partial charge < -0.3 is 15.4 Å². The van der Waals surface area contributed by atoms with E-state index in [1.165, 1.54) is 0 Å². The quantitative estimate of drug-likeness (QED) is 0.673. The van der Waals surface area contributed by atoms with Crippen LogP contribution in [0.1, 0.15) is 19.8 Å². The number of hydrogen-bond acceptors (Lipinski definition) is 3. The van der Waals surface area contributed by atoms with E-state index in [1.807, 2.05) is 11.8 Å². The summed E-state index contributed by atoms with van der Waals surface area (Å²) in [6, 6.07) is 0. The first kappa shape index (κ1) is 10.5. The van der Waals surface area contributed by atoms with E-state index in [0.29, 0.717) is 19.6 Å². The van der Waals surface area contributed by atoms with E-state index in [1.54, 1.807) is 0 Å². The van der Waals surface area contributed by atoms with Gasteiger partial charge in [-0.1, -0.05) is 0 Å². The van der Waals surface area contributed by atoms with Crippen molar-refractivity contribution in [2.24, 2.45) is 5.73 Å². The van der Waals surface area contributed by atoms with Crippen LogP contribution in [0.3, 0.4) is 0 Å². The number of amides is 1.